The summed E-state index contributed by atoms with van der Waals surface area (Å²) in [4.78, 5) is 14.3. The molecule has 128 valence electrons. The third-order valence-electron chi connectivity index (χ3n) is 3.53. The highest BCUT2D eigenvalue weighted by atomic mass is 32.2. The summed E-state index contributed by atoms with van der Waals surface area (Å²) in [7, 11) is -2.57. The summed E-state index contributed by atoms with van der Waals surface area (Å²) >= 11 is 0. The number of hydrogen-bond donors (Lipinski definition) is 2. The molecule has 6 nitrogen and oxygen atoms in total. The van der Waals surface area contributed by atoms with Crippen molar-refractivity contribution in [2.75, 3.05) is 7.11 Å². The van der Waals surface area contributed by atoms with Crippen molar-refractivity contribution in [3.8, 4) is 5.75 Å². The molecule has 0 unspecified atom stereocenters. The zero-order valence-corrected chi connectivity index (χ0v) is 14.8. The number of amides is 1. The van der Waals surface area contributed by atoms with Gasteiger partial charge in [0.1, 0.15) is 10.6 Å². The van der Waals surface area contributed by atoms with Crippen LogP contribution in [0.25, 0.3) is 0 Å². The van der Waals surface area contributed by atoms with E-state index in [0.717, 1.165) is 16.7 Å². The maximum absolute atomic E-state index is 12.4. The van der Waals surface area contributed by atoms with Gasteiger partial charge in [-0.15, -0.1) is 4.83 Å². The molecule has 2 aromatic carbocycles. The molecule has 1 amide bonds. The average Bonchev–Trinajstić information content (AvgIpc) is 2.52. The van der Waals surface area contributed by atoms with Gasteiger partial charge in [-0.25, -0.2) is 8.42 Å². The molecule has 7 heteroatoms. The van der Waals surface area contributed by atoms with Crippen LogP contribution in [0.5, 0.6) is 5.75 Å². The van der Waals surface area contributed by atoms with Gasteiger partial charge in [0.25, 0.3) is 15.9 Å². The summed E-state index contributed by atoms with van der Waals surface area (Å²) in [5.41, 5.74) is 5.19. The largest absolute Gasteiger partial charge is 0.495 e. The van der Waals surface area contributed by atoms with Crippen molar-refractivity contribution >= 4 is 15.9 Å². The van der Waals surface area contributed by atoms with Crippen LogP contribution in [-0.4, -0.2) is 21.4 Å². The van der Waals surface area contributed by atoms with Gasteiger partial charge in [-0.2, -0.15) is 0 Å². The molecule has 0 saturated carbocycles. The van der Waals surface area contributed by atoms with Gasteiger partial charge in [-0.3, -0.25) is 10.2 Å². The van der Waals surface area contributed by atoms with E-state index in [-0.39, 0.29) is 10.6 Å². The van der Waals surface area contributed by atoms with E-state index < -0.39 is 15.9 Å². The summed E-state index contributed by atoms with van der Waals surface area (Å²) < 4.78 is 29.9. The SMILES string of the molecule is COc1ccc(C)cc1S(=O)(=O)NNC(=O)c1ccc(C)cc1C. The van der Waals surface area contributed by atoms with Crippen LogP contribution >= 0.6 is 0 Å². The quantitative estimate of drug-likeness (QED) is 0.812. The number of nitrogens with one attached hydrogen (secondary N) is 2. The zero-order chi connectivity index (χ0) is 17.9. The number of aryl methyl sites for hydroxylation is 3. The summed E-state index contributed by atoms with van der Waals surface area (Å²) in [6, 6.07) is 10.1. The average molecular weight is 348 g/mol. The number of hydrazine groups is 1. The highest BCUT2D eigenvalue weighted by Crippen LogP contribution is 2.24. The Morgan fingerprint density at radius 3 is 2.25 bits per heavy atom. The number of benzene rings is 2. The fourth-order valence-electron chi connectivity index (χ4n) is 2.30. The van der Waals surface area contributed by atoms with Gasteiger partial charge in [0.15, 0.2) is 0 Å². The Bertz CT molecular complexity index is 876. The molecule has 0 radical (unpaired) electrons. The van der Waals surface area contributed by atoms with Crippen LogP contribution in [0.2, 0.25) is 0 Å². The highest BCUT2D eigenvalue weighted by Gasteiger charge is 2.21. The third kappa shape index (κ3) is 3.93. The summed E-state index contributed by atoms with van der Waals surface area (Å²) in [6.45, 7) is 5.48. The molecule has 0 atom stereocenters. The minimum Gasteiger partial charge on any atom is -0.495 e. The predicted octanol–water partition coefficient (Wildman–Crippen LogP) is 2.24. The van der Waals surface area contributed by atoms with Gasteiger partial charge >= 0.3 is 0 Å². The van der Waals surface area contributed by atoms with E-state index in [1.54, 1.807) is 38.1 Å². The first-order valence-corrected chi connectivity index (χ1v) is 8.77. The molecule has 2 N–H and O–H groups in total. The van der Waals surface area contributed by atoms with Crippen molar-refractivity contribution in [3.05, 3.63) is 58.7 Å². The fourth-order valence-corrected chi connectivity index (χ4v) is 3.39. The number of sulfonamides is 1. The minimum atomic E-state index is -3.96. The van der Waals surface area contributed by atoms with Gasteiger partial charge < -0.3 is 4.74 Å². The topological polar surface area (TPSA) is 84.5 Å². The second-order valence-electron chi connectivity index (χ2n) is 5.53. The van der Waals surface area contributed by atoms with E-state index in [4.69, 9.17) is 4.74 Å². The van der Waals surface area contributed by atoms with Crippen LogP contribution in [0, 0.1) is 20.8 Å². The van der Waals surface area contributed by atoms with Crippen LogP contribution in [0.4, 0.5) is 0 Å². The van der Waals surface area contributed by atoms with Crippen molar-refractivity contribution in [3.63, 3.8) is 0 Å². The van der Waals surface area contributed by atoms with Crippen LogP contribution < -0.4 is 15.0 Å². The van der Waals surface area contributed by atoms with Gasteiger partial charge in [-0.1, -0.05) is 23.8 Å². The van der Waals surface area contributed by atoms with E-state index in [9.17, 15) is 13.2 Å². The molecular weight excluding hydrogens is 328 g/mol. The van der Waals surface area contributed by atoms with E-state index >= 15 is 0 Å². The third-order valence-corrected chi connectivity index (χ3v) is 4.80. The number of ether oxygens (including phenoxy) is 1. The van der Waals surface area contributed by atoms with Gasteiger partial charge in [-0.05, 0) is 50.1 Å². The van der Waals surface area contributed by atoms with Crippen molar-refractivity contribution in [1.29, 1.82) is 0 Å². The fraction of sp³-hybridized carbons (Fsp3) is 0.235. The monoisotopic (exact) mass is 348 g/mol. The van der Waals surface area contributed by atoms with E-state index in [0.29, 0.717) is 5.56 Å². The van der Waals surface area contributed by atoms with E-state index in [2.05, 4.69) is 10.3 Å². The molecule has 2 rings (SSSR count). The van der Waals surface area contributed by atoms with Crippen LogP contribution in [0.15, 0.2) is 41.3 Å². The maximum atomic E-state index is 12.4. The normalized spacial score (nSPS) is 11.2. The second-order valence-corrected chi connectivity index (χ2v) is 7.18. The lowest BCUT2D eigenvalue weighted by Crippen LogP contribution is -2.41. The first-order chi connectivity index (χ1) is 11.2. The lowest BCUT2D eigenvalue weighted by atomic mass is 10.1. The van der Waals surface area contributed by atoms with Crippen LogP contribution in [0.1, 0.15) is 27.0 Å². The molecule has 0 aliphatic rings. The Labute approximate surface area is 141 Å². The second kappa shape index (κ2) is 7.02. The first-order valence-electron chi connectivity index (χ1n) is 7.28. The summed E-state index contributed by atoms with van der Waals surface area (Å²) in [6.07, 6.45) is 0. The molecule has 24 heavy (non-hydrogen) atoms. The standard InChI is InChI=1S/C17H20N2O4S/c1-11-5-7-14(13(3)9-11)17(20)18-19-24(21,22)16-10-12(2)6-8-15(16)23-4/h5-10,19H,1-4H3,(H,18,20). The number of carbonyl (C=O) groups is 1. The Morgan fingerprint density at radius 2 is 1.62 bits per heavy atom. The number of rotatable bonds is 5. The molecular formula is C17H20N2O4S. The minimum absolute atomic E-state index is 0.0362. The molecule has 0 heterocycles. The van der Waals surface area contributed by atoms with Crippen molar-refractivity contribution in [2.45, 2.75) is 25.7 Å². The predicted molar refractivity (Wildman–Crippen MR) is 91.4 cm³/mol. The van der Waals surface area contributed by atoms with Crippen LogP contribution in [-0.2, 0) is 10.0 Å². The van der Waals surface area contributed by atoms with E-state index in [1.807, 2.05) is 13.0 Å². The highest BCUT2D eigenvalue weighted by molar-refractivity contribution is 7.89. The molecule has 0 aliphatic carbocycles. The molecule has 2 aromatic rings. The van der Waals surface area contributed by atoms with Crippen molar-refractivity contribution < 1.29 is 17.9 Å². The van der Waals surface area contributed by atoms with Gasteiger partial charge in [0, 0.05) is 5.56 Å². The summed E-state index contributed by atoms with van der Waals surface area (Å²) in [5, 5.41) is 0. The number of carbonyl (C=O) groups excluding carboxylic acids is 1. The summed E-state index contributed by atoms with van der Waals surface area (Å²) in [5.74, 6) is -0.323. The van der Waals surface area contributed by atoms with E-state index in [1.165, 1.54) is 13.2 Å². The Kier molecular flexibility index (Phi) is 5.26. The molecule has 0 fully saturated rings. The lowest BCUT2D eigenvalue weighted by Gasteiger charge is -2.13. The van der Waals surface area contributed by atoms with Gasteiger partial charge in [0.05, 0.1) is 7.11 Å². The first kappa shape index (κ1) is 18.0. The van der Waals surface area contributed by atoms with Crippen molar-refractivity contribution in [2.24, 2.45) is 0 Å². The molecule has 0 aromatic heterocycles. The lowest BCUT2D eigenvalue weighted by molar-refractivity contribution is 0.0944. The Balaban J connectivity index is 2.21. The Hall–Kier alpha value is -2.38. The maximum Gasteiger partial charge on any atom is 0.266 e. The smallest absolute Gasteiger partial charge is 0.266 e. The zero-order valence-electron chi connectivity index (χ0n) is 14.0. The molecule has 0 bridgehead atoms. The van der Waals surface area contributed by atoms with Gasteiger partial charge in [0.2, 0.25) is 0 Å². The molecule has 0 spiro atoms. The Morgan fingerprint density at radius 1 is 1.00 bits per heavy atom. The van der Waals surface area contributed by atoms with Crippen LogP contribution in [0.3, 0.4) is 0 Å². The molecule has 0 saturated heterocycles. The van der Waals surface area contributed by atoms with Crippen molar-refractivity contribution in [1.82, 2.24) is 10.3 Å². The number of hydrogen-bond acceptors (Lipinski definition) is 4. The number of methoxy groups -OCH3 is 1. The molecule has 0 aliphatic heterocycles.